The van der Waals surface area contributed by atoms with Crippen molar-refractivity contribution in [1.82, 2.24) is 4.72 Å². The number of hydrogen-bond acceptors (Lipinski definition) is 5. The van der Waals surface area contributed by atoms with Gasteiger partial charge in [-0.1, -0.05) is 19.1 Å². The number of anilines is 1. The second-order valence-corrected chi connectivity index (χ2v) is 8.41. The number of sulfonamides is 1. The molecule has 1 unspecified atom stereocenters. The number of benzene rings is 1. The summed E-state index contributed by atoms with van der Waals surface area (Å²) in [5, 5.41) is 2.23. The van der Waals surface area contributed by atoms with Gasteiger partial charge in [-0.25, -0.2) is 13.1 Å². The van der Waals surface area contributed by atoms with Crippen molar-refractivity contribution in [3.8, 4) is 0 Å². The summed E-state index contributed by atoms with van der Waals surface area (Å²) < 4.78 is 30.6. The van der Waals surface area contributed by atoms with Gasteiger partial charge in [0.25, 0.3) is 0 Å². The van der Waals surface area contributed by atoms with E-state index in [-0.39, 0.29) is 27.5 Å². The normalized spacial score (nSPS) is 12.7. The van der Waals surface area contributed by atoms with Crippen molar-refractivity contribution in [3.63, 3.8) is 0 Å². The Bertz CT molecular complexity index is 694. The fourth-order valence-corrected chi connectivity index (χ4v) is 2.78. The maximum absolute atomic E-state index is 11.8. The summed E-state index contributed by atoms with van der Waals surface area (Å²) in [4.78, 5) is 22.7. The van der Waals surface area contributed by atoms with Crippen LogP contribution in [0.2, 0.25) is 0 Å². The van der Waals surface area contributed by atoms with Crippen LogP contribution in [0.15, 0.2) is 24.3 Å². The number of hydrogen-bond donors (Lipinski definition) is 2. The zero-order valence-electron chi connectivity index (χ0n) is 15.0. The Morgan fingerprint density at radius 3 is 2.24 bits per heavy atom. The summed E-state index contributed by atoms with van der Waals surface area (Å²) in [5.74, 6) is -0.698. The smallest absolute Gasteiger partial charge is 0.306 e. The van der Waals surface area contributed by atoms with Crippen molar-refractivity contribution in [2.75, 3.05) is 19.0 Å². The maximum atomic E-state index is 11.8. The van der Waals surface area contributed by atoms with E-state index < -0.39 is 21.2 Å². The molecule has 0 aromatic heterocycles. The van der Waals surface area contributed by atoms with E-state index in [0.717, 1.165) is 5.56 Å². The zero-order chi connectivity index (χ0) is 19.0. The maximum Gasteiger partial charge on any atom is 0.306 e. The molecule has 0 saturated carbocycles. The van der Waals surface area contributed by atoms with Gasteiger partial charge in [0.15, 0.2) is 0 Å². The highest BCUT2D eigenvalue weighted by molar-refractivity contribution is 7.90. The molecule has 0 spiro atoms. The topological polar surface area (TPSA) is 102 Å². The molecule has 1 atom stereocenters. The monoisotopic (exact) mass is 374 g/mol. The van der Waals surface area contributed by atoms with Crippen molar-refractivity contribution in [3.05, 3.63) is 29.8 Å². The molecule has 0 bridgehead atoms. The number of rotatable bonds is 9. The lowest BCUT2D eigenvalue weighted by Crippen LogP contribution is -2.33. The molecule has 7 nitrogen and oxygen atoms in total. The summed E-state index contributed by atoms with van der Waals surface area (Å²) in [6.07, 6.45) is 0.0925. The van der Waals surface area contributed by atoms with Gasteiger partial charge in [0.05, 0.1) is 18.8 Å². The highest BCUT2D eigenvalue weighted by atomic mass is 32.2. The summed E-state index contributed by atoms with van der Waals surface area (Å²) in [6, 6.07) is 7.17. The van der Waals surface area contributed by atoms with Crippen molar-refractivity contribution < 1.29 is 25.6 Å². The molecule has 1 rings (SSSR count). The number of nitrogens with one attached hydrogen (secondary N) is 2. The van der Waals surface area contributed by atoms with E-state index >= 15 is 0 Å². The zero-order valence-corrected chi connectivity index (χ0v) is 15.9. The third-order valence-corrected chi connectivity index (χ3v) is 5.57. The molecule has 2 N–H and O–H groups in total. The highest BCUT2D eigenvalue weighted by Crippen LogP contribution is 2.18. The number of carbonyl (C=O) groups excluding carboxylic acids is 2. The average Bonchev–Trinajstić information content (AvgIpc) is 2.58. The summed E-state index contributed by atoms with van der Waals surface area (Å²) in [5.41, 5.74) is 1.58. The second kappa shape index (κ2) is 9.53. The number of amides is 1. The van der Waals surface area contributed by atoms with Gasteiger partial charge < -0.3 is 10.1 Å². The van der Waals surface area contributed by atoms with Crippen molar-refractivity contribution in [2.45, 2.75) is 44.8 Å². The van der Waals surface area contributed by atoms with Crippen LogP contribution in [0, 0.1) is 0 Å². The van der Waals surface area contributed by atoms with Crippen LogP contribution >= 0.6 is 0 Å². The SMILES string of the molecule is COC(=O)CCC(=O)Nc1ccc(C(C)CNS(=O)(=O)C(C)C)cc1.[HH].[HH]. The van der Waals surface area contributed by atoms with E-state index in [9.17, 15) is 18.0 Å². The Kier molecular flexibility index (Phi) is 8.05. The third-order valence-electron chi connectivity index (χ3n) is 3.76. The Morgan fingerprint density at radius 2 is 1.72 bits per heavy atom. The molecular weight excluding hydrogens is 344 g/mol. The largest absolute Gasteiger partial charge is 0.469 e. The first-order valence-electron chi connectivity index (χ1n) is 8.10. The molecule has 0 aliphatic rings. The lowest BCUT2D eigenvalue weighted by atomic mass is 10.0. The van der Waals surface area contributed by atoms with Crippen molar-refractivity contribution in [1.29, 1.82) is 0 Å². The molecule has 8 heteroatoms. The van der Waals surface area contributed by atoms with E-state index in [1.807, 2.05) is 19.1 Å². The average molecular weight is 375 g/mol. The van der Waals surface area contributed by atoms with E-state index in [1.54, 1.807) is 26.0 Å². The molecule has 1 aromatic carbocycles. The van der Waals surface area contributed by atoms with E-state index in [0.29, 0.717) is 12.2 Å². The van der Waals surface area contributed by atoms with Gasteiger partial charge in [-0.3, -0.25) is 9.59 Å². The predicted octanol–water partition coefficient (Wildman–Crippen LogP) is 2.50. The van der Waals surface area contributed by atoms with Crippen LogP contribution in [-0.2, 0) is 24.3 Å². The fraction of sp³-hybridized carbons (Fsp3) is 0.529. The van der Waals surface area contributed by atoms with Crippen LogP contribution in [0.1, 0.15) is 47.9 Å². The number of esters is 1. The van der Waals surface area contributed by atoms with E-state index in [4.69, 9.17) is 0 Å². The summed E-state index contributed by atoms with van der Waals surface area (Å²) in [6.45, 7) is 5.49. The van der Waals surface area contributed by atoms with Crippen LogP contribution in [0.4, 0.5) is 5.69 Å². The Balaban J connectivity index is 0. The van der Waals surface area contributed by atoms with Gasteiger partial charge in [0.2, 0.25) is 15.9 Å². The van der Waals surface area contributed by atoms with Crippen LogP contribution < -0.4 is 10.0 Å². The minimum atomic E-state index is -3.29. The first-order chi connectivity index (χ1) is 11.7. The minimum absolute atomic E-state index is 0. The first kappa shape index (κ1) is 21.1. The van der Waals surface area contributed by atoms with Gasteiger partial charge in [-0.2, -0.15) is 0 Å². The van der Waals surface area contributed by atoms with Crippen LogP contribution in [0.5, 0.6) is 0 Å². The molecule has 0 fully saturated rings. The molecule has 1 aromatic rings. The van der Waals surface area contributed by atoms with Crippen LogP contribution in [0.25, 0.3) is 0 Å². The van der Waals surface area contributed by atoms with E-state index in [2.05, 4.69) is 14.8 Å². The molecular formula is C17H30N2O5S. The lowest BCUT2D eigenvalue weighted by molar-refractivity contribution is -0.141. The Labute approximate surface area is 152 Å². The molecule has 25 heavy (non-hydrogen) atoms. The Hall–Kier alpha value is -1.93. The summed E-state index contributed by atoms with van der Waals surface area (Å²) >= 11 is 0. The second-order valence-electron chi connectivity index (χ2n) is 6.09. The van der Waals surface area contributed by atoms with Gasteiger partial charge in [-0.05, 0) is 37.5 Å². The molecule has 0 aliphatic heterocycles. The van der Waals surface area contributed by atoms with Gasteiger partial charge in [-0.15, -0.1) is 0 Å². The molecule has 0 radical (unpaired) electrons. The van der Waals surface area contributed by atoms with Gasteiger partial charge in [0.1, 0.15) is 0 Å². The third kappa shape index (κ3) is 7.23. The predicted molar refractivity (Wildman–Crippen MR) is 101 cm³/mol. The van der Waals surface area contributed by atoms with Crippen LogP contribution in [-0.4, -0.2) is 39.2 Å². The van der Waals surface area contributed by atoms with Gasteiger partial charge in [0, 0.05) is 21.5 Å². The van der Waals surface area contributed by atoms with Crippen LogP contribution in [0.3, 0.4) is 0 Å². The van der Waals surface area contributed by atoms with Crippen molar-refractivity contribution >= 4 is 27.6 Å². The molecule has 1 amide bonds. The lowest BCUT2D eigenvalue weighted by Gasteiger charge is -2.15. The first-order valence-corrected chi connectivity index (χ1v) is 9.65. The number of carbonyl (C=O) groups is 2. The molecule has 0 saturated heterocycles. The minimum Gasteiger partial charge on any atom is -0.469 e. The summed E-state index contributed by atoms with van der Waals surface area (Å²) in [7, 11) is -2.01. The fourth-order valence-electron chi connectivity index (χ4n) is 1.96. The van der Waals surface area contributed by atoms with Crippen molar-refractivity contribution in [2.24, 2.45) is 0 Å². The number of methoxy groups -OCH3 is 1. The molecule has 0 aliphatic carbocycles. The molecule has 0 heterocycles. The quantitative estimate of drug-likeness (QED) is 0.647. The standard InChI is InChI=1S/C17H26N2O5S.2H2/c1-12(2)25(22,23)18-11-13(3)14-5-7-15(8-6-14)19-16(20)9-10-17(21)24-4;;/h5-8,12-13,18H,9-11H2,1-4H3,(H,19,20);2*1H. The van der Waals surface area contributed by atoms with Gasteiger partial charge >= 0.3 is 5.97 Å². The van der Waals surface area contributed by atoms with E-state index in [1.165, 1.54) is 7.11 Å². The highest BCUT2D eigenvalue weighted by Gasteiger charge is 2.17. The Morgan fingerprint density at radius 1 is 1.12 bits per heavy atom. The molecule has 144 valence electrons. The number of ether oxygens (including phenoxy) is 1.